The summed E-state index contributed by atoms with van der Waals surface area (Å²) in [6.07, 6.45) is 0. The Morgan fingerprint density at radius 1 is 1.18 bits per heavy atom. The highest BCUT2D eigenvalue weighted by molar-refractivity contribution is 7.80. The van der Waals surface area contributed by atoms with E-state index in [0.29, 0.717) is 23.1 Å². The van der Waals surface area contributed by atoms with Gasteiger partial charge in [0.25, 0.3) is 0 Å². The fraction of sp³-hybridized carbons (Fsp3) is 0.158. The minimum atomic E-state index is -2.92. The standard InChI is InChI=1S/C19H17ClF2N4OS/c1-12-10-17(25-26(12)11-13-6-8-14(20)9-7-13)24-19(28)23-15-4-2-3-5-16(15)27-18(21)22/h2-10,18H,11H2,1H3,(H2,23,24,25,28). The molecule has 0 aliphatic heterocycles. The van der Waals surface area contributed by atoms with Gasteiger partial charge in [-0.3, -0.25) is 4.68 Å². The predicted octanol–water partition coefficient (Wildman–Crippen LogP) is 5.30. The van der Waals surface area contributed by atoms with Gasteiger partial charge in [-0.05, 0) is 49.0 Å². The Balaban J connectivity index is 1.66. The highest BCUT2D eigenvalue weighted by Crippen LogP contribution is 2.25. The quantitative estimate of drug-likeness (QED) is 0.528. The summed E-state index contributed by atoms with van der Waals surface area (Å²) in [5, 5.41) is 11.2. The van der Waals surface area contributed by atoms with E-state index in [1.165, 1.54) is 6.07 Å². The number of halogens is 3. The maximum absolute atomic E-state index is 12.5. The lowest BCUT2D eigenvalue weighted by Gasteiger charge is -2.13. The first-order chi connectivity index (χ1) is 13.4. The smallest absolute Gasteiger partial charge is 0.387 e. The van der Waals surface area contributed by atoms with Gasteiger partial charge in [0, 0.05) is 16.8 Å². The average Bonchev–Trinajstić information content (AvgIpc) is 2.97. The van der Waals surface area contributed by atoms with Crippen LogP contribution in [0.2, 0.25) is 5.02 Å². The number of alkyl halides is 2. The van der Waals surface area contributed by atoms with Gasteiger partial charge in [0.2, 0.25) is 0 Å². The predicted molar refractivity (Wildman–Crippen MR) is 110 cm³/mol. The van der Waals surface area contributed by atoms with Gasteiger partial charge in [-0.15, -0.1) is 0 Å². The first-order valence-electron chi connectivity index (χ1n) is 8.31. The SMILES string of the molecule is Cc1cc(NC(=S)Nc2ccccc2OC(F)F)nn1Cc1ccc(Cl)cc1. The Hall–Kier alpha value is -2.71. The number of anilines is 2. The molecule has 28 heavy (non-hydrogen) atoms. The van der Waals surface area contributed by atoms with Crippen molar-refractivity contribution in [3.8, 4) is 5.75 Å². The molecule has 0 bridgehead atoms. The molecule has 146 valence electrons. The second kappa shape index (κ2) is 8.99. The second-order valence-corrected chi connectivity index (χ2v) is 6.75. The zero-order valence-electron chi connectivity index (χ0n) is 14.8. The molecule has 0 spiro atoms. The lowest BCUT2D eigenvalue weighted by molar-refractivity contribution is -0.0493. The normalized spacial score (nSPS) is 10.8. The maximum atomic E-state index is 12.5. The van der Waals surface area contributed by atoms with Gasteiger partial charge in [-0.25, -0.2) is 0 Å². The van der Waals surface area contributed by atoms with Crippen LogP contribution in [0.4, 0.5) is 20.3 Å². The van der Waals surface area contributed by atoms with Crippen molar-refractivity contribution in [2.24, 2.45) is 0 Å². The van der Waals surface area contributed by atoms with Crippen LogP contribution in [-0.4, -0.2) is 21.5 Å². The summed E-state index contributed by atoms with van der Waals surface area (Å²) >= 11 is 11.2. The van der Waals surface area contributed by atoms with E-state index in [4.69, 9.17) is 23.8 Å². The zero-order chi connectivity index (χ0) is 20.1. The van der Waals surface area contributed by atoms with Gasteiger partial charge in [0.15, 0.2) is 10.9 Å². The molecule has 0 unspecified atom stereocenters. The molecule has 0 fully saturated rings. The van der Waals surface area contributed by atoms with Crippen molar-refractivity contribution < 1.29 is 13.5 Å². The van der Waals surface area contributed by atoms with E-state index in [1.54, 1.807) is 18.2 Å². The molecule has 1 heterocycles. The topological polar surface area (TPSA) is 51.1 Å². The van der Waals surface area contributed by atoms with Gasteiger partial charge >= 0.3 is 6.61 Å². The largest absolute Gasteiger partial charge is 0.433 e. The van der Waals surface area contributed by atoms with Crippen molar-refractivity contribution >= 4 is 40.4 Å². The molecule has 0 radical (unpaired) electrons. The molecular weight excluding hydrogens is 406 g/mol. The van der Waals surface area contributed by atoms with Crippen molar-refractivity contribution in [1.82, 2.24) is 9.78 Å². The Morgan fingerprint density at radius 3 is 2.61 bits per heavy atom. The molecule has 9 heteroatoms. The number of hydrogen-bond acceptors (Lipinski definition) is 3. The number of para-hydroxylation sites is 2. The van der Waals surface area contributed by atoms with Crippen LogP contribution in [0.15, 0.2) is 54.6 Å². The summed E-state index contributed by atoms with van der Waals surface area (Å²) in [4.78, 5) is 0. The van der Waals surface area contributed by atoms with Gasteiger partial charge in [0.05, 0.1) is 12.2 Å². The van der Waals surface area contributed by atoms with Crippen molar-refractivity contribution in [1.29, 1.82) is 0 Å². The molecule has 3 rings (SSSR count). The third-order valence-corrected chi connectivity index (χ3v) is 4.28. The molecule has 3 aromatic rings. The lowest BCUT2D eigenvalue weighted by atomic mass is 10.2. The Labute approximate surface area is 171 Å². The number of aryl methyl sites for hydroxylation is 1. The summed E-state index contributed by atoms with van der Waals surface area (Å²) in [5.74, 6) is 0.544. The minimum absolute atomic E-state index is 0.00565. The molecule has 0 aliphatic rings. The van der Waals surface area contributed by atoms with Crippen LogP contribution in [0.25, 0.3) is 0 Å². The number of nitrogens with one attached hydrogen (secondary N) is 2. The molecule has 0 saturated heterocycles. The molecule has 2 aromatic carbocycles. The molecule has 2 N–H and O–H groups in total. The Morgan fingerprint density at radius 2 is 1.89 bits per heavy atom. The number of hydrogen-bond donors (Lipinski definition) is 2. The van der Waals surface area contributed by atoms with Gasteiger partial charge in [-0.1, -0.05) is 35.9 Å². The van der Waals surface area contributed by atoms with E-state index < -0.39 is 6.61 Å². The van der Waals surface area contributed by atoms with Crippen LogP contribution < -0.4 is 15.4 Å². The number of aromatic nitrogens is 2. The van der Waals surface area contributed by atoms with Gasteiger partial charge in [0.1, 0.15) is 5.75 Å². The fourth-order valence-electron chi connectivity index (χ4n) is 2.53. The second-order valence-electron chi connectivity index (χ2n) is 5.91. The first kappa shape index (κ1) is 20.0. The third kappa shape index (κ3) is 5.40. The van der Waals surface area contributed by atoms with E-state index >= 15 is 0 Å². The minimum Gasteiger partial charge on any atom is -0.433 e. The number of benzene rings is 2. The molecule has 0 amide bonds. The highest BCUT2D eigenvalue weighted by atomic mass is 35.5. The summed E-state index contributed by atoms with van der Waals surface area (Å²) < 4.78 is 31.3. The first-order valence-corrected chi connectivity index (χ1v) is 9.10. The maximum Gasteiger partial charge on any atom is 0.387 e. The number of thiocarbonyl (C=S) groups is 1. The van der Waals surface area contributed by atoms with E-state index in [9.17, 15) is 8.78 Å². The summed E-state index contributed by atoms with van der Waals surface area (Å²) in [6.45, 7) is -0.414. The van der Waals surface area contributed by atoms with Crippen molar-refractivity contribution in [3.63, 3.8) is 0 Å². The van der Waals surface area contributed by atoms with Gasteiger partial charge < -0.3 is 15.4 Å². The summed E-state index contributed by atoms with van der Waals surface area (Å²) in [5.41, 5.74) is 2.32. The van der Waals surface area contributed by atoms with Crippen LogP contribution in [0, 0.1) is 6.92 Å². The Bertz CT molecular complexity index is 963. The van der Waals surface area contributed by atoms with Crippen molar-refractivity contribution in [3.05, 3.63) is 70.9 Å². The van der Waals surface area contributed by atoms with Crippen molar-refractivity contribution in [2.75, 3.05) is 10.6 Å². The zero-order valence-corrected chi connectivity index (χ0v) is 16.4. The highest BCUT2D eigenvalue weighted by Gasteiger charge is 2.11. The lowest BCUT2D eigenvalue weighted by Crippen LogP contribution is -2.20. The molecule has 0 saturated carbocycles. The number of ether oxygens (including phenoxy) is 1. The summed E-state index contributed by atoms with van der Waals surface area (Å²) in [7, 11) is 0. The van der Waals surface area contributed by atoms with E-state index in [0.717, 1.165) is 11.3 Å². The fourth-order valence-corrected chi connectivity index (χ4v) is 2.87. The van der Waals surface area contributed by atoms with Crippen molar-refractivity contribution in [2.45, 2.75) is 20.1 Å². The molecule has 1 aromatic heterocycles. The Kier molecular flexibility index (Phi) is 6.43. The third-order valence-electron chi connectivity index (χ3n) is 3.82. The van der Waals surface area contributed by atoms with Crippen LogP contribution >= 0.6 is 23.8 Å². The van der Waals surface area contributed by atoms with E-state index in [2.05, 4.69) is 20.5 Å². The van der Waals surface area contributed by atoms with E-state index in [-0.39, 0.29) is 10.9 Å². The van der Waals surface area contributed by atoms with Gasteiger partial charge in [-0.2, -0.15) is 13.9 Å². The molecular formula is C19H17ClF2N4OS. The molecule has 0 aliphatic carbocycles. The van der Waals surface area contributed by atoms with Crippen LogP contribution in [-0.2, 0) is 6.54 Å². The van der Waals surface area contributed by atoms with Crippen LogP contribution in [0.5, 0.6) is 5.75 Å². The summed E-state index contributed by atoms with van der Waals surface area (Å²) in [6, 6.07) is 15.7. The monoisotopic (exact) mass is 422 g/mol. The average molecular weight is 423 g/mol. The van der Waals surface area contributed by atoms with Crippen LogP contribution in [0.3, 0.4) is 0 Å². The van der Waals surface area contributed by atoms with E-state index in [1.807, 2.05) is 41.9 Å². The molecule has 5 nitrogen and oxygen atoms in total. The molecule has 0 atom stereocenters. The van der Waals surface area contributed by atoms with Crippen LogP contribution in [0.1, 0.15) is 11.3 Å². The number of rotatable bonds is 6. The number of nitrogens with zero attached hydrogens (tertiary/aromatic N) is 2.